The van der Waals surface area contributed by atoms with E-state index in [1.54, 1.807) is 11.8 Å². The summed E-state index contributed by atoms with van der Waals surface area (Å²) in [5, 5.41) is 2.99. The Morgan fingerprint density at radius 2 is 1.94 bits per heavy atom. The molecule has 0 spiro atoms. The van der Waals surface area contributed by atoms with Gasteiger partial charge in [-0.2, -0.15) is 0 Å². The third-order valence-corrected chi connectivity index (χ3v) is 3.75. The number of hydrogen-bond donors (Lipinski definition) is 1. The van der Waals surface area contributed by atoms with Gasteiger partial charge in [-0.25, -0.2) is 0 Å². The molecular weight excluding hydrogens is 230 g/mol. The first-order valence-corrected chi connectivity index (χ1v) is 7.07. The molecule has 0 radical (unpaired) electrons. The highest BCUT2D eigenvalue weighted by Gasteiger charge is 2.18. The summed E-state index contributed by atoms with van der Waals surface area (Å²) < 4.78 is 0. The van der Waals surface area contributed by atoms with Crippen molar-refractivity contribution in [2.45, 2.75) is 24.3 Å². The van der Waals surface area contributed by atoms with Gasteiger partial charge < -0.3 is 5.32 Å². The highest BCUT2D eigenvalue weighted by Crippen LogP contribution is 2.18. The number of nitrogens with one attached hydrogen (secondary N) is 1. The molecule has 1 N–H and O–H groups in total. The van der Waals surface area contributed by atoms with Crippen LogP contribution in [0.2, 0.25) is 0 Å². The number of thioether (sulfide) groups is 1. The number of benzene rings is 1. The quantitative estimate of drug-likeness (QED) is 0.654. The molecule has 1 amide bonds. The van der Waals surface area contributed by atoms with Crippen molar-refractivity contribution in [2.75, 3.05) is 6.26 Å². The van der Waals surface area contributed by atoms with Crippen LogP contribution in [0.4, 0.5) is 0 Å². The molecule has 90 valence electrons. The second-order valence-corrected chi connectivity index (χ2v) is 5.09. The number of amides is 1. The van der Waals surface area contributed by atoms with Crippen molar-refractivity contribution >= 4 is 17.7 Å². The summed E-state index contributed by atoms with van der Waals surface area (Å²) in [5.74, 6) is 0.324. The molecule has 17 heavy (non-hydrogen) atoms. The third kappa shape index (κ3) is 3.37. The fourth-order valence-corrected chi connectivity index (χ4v) is 2.32. The molecule has 1 aromatic carbocycles. The minimum atomic E-state index is 0.153. The largest absolute Gasteiger partial charge is 0.352 e. The van der Waals surface area contributed by atoms with Crippen LogP contribution in [-0.2, 0) is 11.3 Å². The van der Waals surface area contributed by atoms with Crippen LogP contribution in [0.1, 0.15) is 18.4 Å². The van der Waals surface area contributed by atoms with Gasteiger partial charge >= 0.3 is 0 Å². The molecule has 0 heterocycles. The van der Waals surface area contributed by atoms with Crippen molar-refractivity contribution < 1.29 is 4.79 Å². The van der Waals surface area contributed by atoms with Gasteiger partial charge in [0.2, 0.25) is 5.91 Å². The van der Waals surface area contributed by atoms with E-state index in [1.807, 2.05) is 0 Å². The Hall–Kier alpha value is -1.22. The molecule has 0 aliphatic heterocycles. The third-order valence-electron chi connectivity index (χ3n) is 3.00. The van der Waals surface area contributed by atoms with Crippen LogP contribution >= 0.6 is 11.8 Å². The number of allylic oxidation sites excluding steroid dienone is 2. The Morgan fingerprint density at radius 1 is 1.29 bits per heavy atom. The normalized spacial score (nSPS) is 15.1. The maximum atomic E-state index is 11.8. The summed E-state index contributed by atoms with van der Waals surface area (Å²) in [7, 11) is 0. The average Bonchev–Trinajstić information content (AvgIpc) is 2.90. The Labute approximate surface area is 106 Å². The molecule has 0 aromatic heterocycles. The second-order valence-electron chi connectivity index (χ2n) is 4.21. The highest BCUT2D eigenvalue weighted by molar-refractivity contribution is 7.98. The molecule has 0 saturated heterocycles. The minimum absolute atomic E-state index is 0.153. The maximum Gasteiger partial charge on any atom is 0.224 e. The monoisotopic (exact) mass is 247 g/mol. The van der Waals surface area contributed by atoms with Crippen molar-refractivity contribution in [3.63, 3.8) is 0 Å². The van der Waals surface area contributed by atoms with Crippen molar-refractivity contribution in [1.82, 2.24) is 5.32 Å². The summed E-state index contributed by atoms with van der Waals surface area (Å²) in [6.07, 6.45) is 7.99. The van der Waals surface area contributed by atoms with E-state index in [2.05, 4.69) is 48.0 Å². The van der Waals surface area contributed by atoms with E-state index in [4.69, 9.17) is 0 Å². The number of rotatable bonds is 4. The molecule has 3 heteroatoms. The Kier molecular flexibility index (Phi) is 4.26. The van der Waals surface area contributed by atoms with Gasteiger partial charge in [-0.3, -0.25) is 4.79 Å². The summed E-state index contributed by atoms with van der Waals surface area (Å²) >= 11 is 1.73. The summed E-state index contributed by atoms with van der Waals surface area (Å²) in [6, 6.07) is 8.31. The van der Waals surface area contributed by atoms with Gasteiger partial charge in [0.15, 0.2) is 0 Å². The molecule has 1 aliphatic carbocycles. The Bertz CT molecular complexity index is 403. The van der Waals surface area contributed by atoms with Crippen LogP contribution in [0.25, 0.3) is 0 Å². The van der Waals surface area contributed by atoms with Gasteiger partial charge in [-0.1, -0.05) is 24.3 Å². The molecule has 0 saturated carbocycles. The lowest BCUT2D eigenvalue weighted by Crippen LogP contribution is -2.28. The van der Waals surface area contributed by atoms with E-state index in [-0.39, 0.29) is 11.8 Å². The second kappa shape index (κ2) is 5.92. The SMILES string of the molecule is CSc1ccc(CNC(=O)C2CC=CC2)cc1. The molecule has 0 atom stereocenters. The first-order chi connectivity index (χ1) is 8.29. The zero-order valence-corrected chi connectivity index (χ0v) is 10.8. The topological polar surface area (TPSA) is 29.1 Å². The van der Waals surface area contributed by atoms with Crippen molar-refractivity contribution in [3.8, 4) is 0 Å². The molecular formula is C14H17NOS. The summed E-state index contributed by atoms with van der Waals surface area (Å²) in [4.78, 5) is 13.0. The van der Waals surface area contributed by atoms with E-state index < -0.39 is 0 Å². The molecule has 1 aliphatic rings. The predicted molar refractivity (Wildman–Crippen MR) is 71.9 cm³/mol. The van der Waals surface area contributed by atoms with E-state index in [0.29, 0.717) is 6.54 Å². The zero-order chi connectivity index (χ0) is 12.1. The number of carbonyl (C=O) groups excluding carboxylic acids is 1. The maximum absolute atomic E-state index is 11.8. The van der Waals surface area contributed by atoms with Gasteiger partial charge in [0.25, 0.3) is 0 Å². The average molecular weight is 247 g/mol. The lowest BCUT2D eigenvalue weighted by molar-refractivity contribution is -0.124. The number of hydrogen-bond acceptors (Lipinski definition) is 2. The van der Waals surface area contributed by atoms with E-state index >= 15 is 0 Å². The minimum Gasteiger partial charge on any atom is -0.352 e. The lowest BCUT2D eigenvalue weighted by atomic mass is 10.1. The molecule has 2 rings (SSSR count). The van der Waals surface area contributed by atoms with Gasteiger partial charge in [-0.15, -0.1) is 11.8 Å². The van der Waals surface area contributed by atoms with Crippen LogP contribution in [0, 0.1) is 5.92 Å². The van der Waals surface area contributed by atoms with E-state index in [1.165, 1.54) is 4.90 Å². The molecule has 0 bridgehead atoms. The molecule has 0 unspecified atom stereocenters. The molecule has 2 nitrogen and oxygen atoms in total. The predicted octanol–water partition coefficient (Wildman–Crippen LogP) is 2.99. The van der Waals surface area contributed by atoms with Crippen molar-refractivity contribution in [1.29, 1.82) is 0 Å². The number of carbonyl (C=O) groups is 1. The summed E-state index contributed by atoms with van der Waals surface area (Å²) in [6.45, 7) is 0.629. The van der Waals surface area contributed by atoms with Gasteiger partial charge in [0.1, 0.15) is 0 Å². The van der Waals surface area contributed by atoms with Crippen LogP contribution in [0.15, 0.2) is 41.3 Å². The fraction of sp³-hybridized carbons (Fsp3) is 0.357. The van der Waals surface area contributed by atoms with Crippen molar-refractivity contribution in [3.05, 3.63) is 42.0 Å². The standard InChI is InChI=1S/C14H17NOS/c1-17-13-8-6-11(7-9-13)10-15-14(16)12-4-2-3-5-12/h2-3,6-9,12H,4-5,10H2,1H3,(H,15,16). The first kappa shape index (κ1) is 12.2. The highest BCUT2D eigenvalue weighted by atomic mass is 32.2. The van der Waals surface area contributed by atoms with Crippen molar-refractivity contribution in [2.24, 2.45) is 5.92 Å². The summed E-state index contributed by atoms with van der Waals surface area (Å²) in [5.41, 5.74) is 1.15. The smallest absolute Gasteiger partial charge is 0.224 e. The van der Waals surface area contributed by atoms with Gasteiger partial charge in [0.05, 0.1) is 0 Å². The molecule has 0 fully saturated rings. The van der Waals surface area contributed by atoms with Crippen LogP contribution in [-0.4, -0.2) is 12.2 Å². The van der Waals surface area contributed by atoms with Gasteiger partial charge in [0, 0.05) is 17.4 Å². The van der Waals surface area contributed by atoms with Crippen LogP contribution < -0.4 is 5.32 Å². The van der Waals surface area contributed by atoms with Crippen LogP contribution in [0.5, 0.6) is 0 Å². The van der Waals surface area contributed by atoms with E-state index in [9.17, 15) is 4.79 Å². The van der Waals surface area contributed by atoms with Gasteiger partial charge in [-0.05, 0) is 36.8 Å². The Balaban J connectivity index is 1.82. The first-order valence-electron chi connectivity index (χ1n) is 5.85. The lowest BCUT2D eigenvalue weighted by Gasteiger charge is -2.10. The van der Waals surface area contributed by atoms with E-state index in [0.717, 1.165) is 18.4 Å². The Morgan fingerprint density at radius 3 is 2.53 bits per heavy atom. The zero-order valence-electron chi connectivity index (χ0n) is 9.98. The molecule has 1 aromatic rings. The van der Waals surface area contributed by atoms with Crippen LogP contribution in [0.3, 0.4) is 0 Å². The fourth-order valence-electron chi connectivity index (χ4n) is 1.91.